The summed E-state index contributed by atoms with van der Waals surface area (Å²) in [4.78, 5) is 11.9. The second-order valence-corrected chi connectivity index (χ2v) is 6.49. The van der Waals surface area contributed by atoms with Gasteiger partial charge in [-0.1, -0.05) is 30.3 Å². The van der Waals surface area contributed by atoms with Crippen LogP contribution in [0.5, 0.6) is 11.6 Å². The molecule has 140 valence electrons. The van der Waals surface area contributed by atoms with Gasteiger partial charge in [-0.2, -0.15) is 5.10 Å². The smallest absolute Gasteiger partial charge is 0.226 e. The number of hydrogen-bond acceptors (Lipinski definition) is 3. The average Bonchev–Trinajstić information content (AvgIpc) is 2.96. The van der Waals surface area contributed by atoms with Crippen molar-refractivity contribution in [3.63, 3.8) is 0 Å². The highest BCUT2D eigenvalue weighted by molar-refractivity contribution is 5.76. The molecule has 2 aromatic carbocycles. The van der Waals surface area contributed by atoms with Crippen LogP contribution < -0.4 is 10.1 Å². The molecule has 1 heterocycles. The summed E-state index contributed by atoms with van der Waals surface area (Å²) >= 11 is 0. The zero-order chi connectivity index (χ0) is 19.2. The molecule has 3 rings (SSSR count). The van der Waals surface area contributed by atoms with E-state index in [0.717, 1.165) is 28.3 Å². The first-order valence-corrected chi connectivity index (χ1v) is 9.23. The lowest BCUT2D eigenvalue weighted by Crippen LogP contribution is -2.22. The minimum absolute atomic E-state index is 0.0332. The monoisotopic (exact) mass is 363 g/mol. The van der Waals surface area contributed by atoms with E-state index in [4.69, 9.17) is 9.84 Å². The van der Waals surface area contributed by atoms with Gasteiger partial charge in [0.1, 0.15) is 5.75 Å². The molecule has 3 aromatic rings. The minimum atomic E-state index is 0.0332. The Morgan fingerprint density at radius 3 is 2.59 bits per heavy atom. The van der Waals surface area contributed by atoms with Crippen molar-refractivity contribution in [1.29, 1.82) is 0 Å². The normalized spacial score (nSPS) is 10.6. The third-order valence-corrected chi connectivity index (χ3v) is 4.32. The molecule has 1 aromatic heterocycles. The molecule has 0 saturated heterocycles. The van der Waals surface area contributed by atoms with Crippen molar-refractivity contribution in [2.45, 2.75) is 33.6 Å². The molecule has 1 amide bonds. The molecule has 0 radical (unpaired) electrons. The minimum Gasteiger partial charge on any atom is -0.439 e. The van der Waals surface area contributed by atoms with Crippen LogP contribution in [0.25, 0.3) is 5.69 Å². The van der Waals surface area contributed by atoms with Gasteiger partial charge < -0.3 is 10.1 Å². The van der Waals surface area contributed by atoms with E-state index in [9.17, 15) is 4.79 Å². The highest BCUT2D eigenvalue weighted by atomic mass is 16.5. The molecule has 5 heteroatoms. The van der Waals surface area contributed by atoms with Gasteiger partial charge in [-0.3, -0.25) is 4.79 Å². The Balaban J connectivity index is 2.00. The largest absolute Gasteiger partial charge is 0.439 e. The highest BCUT2D eigenvalue weighted by Crippen LogP contribution is 2.31. The molecule has 0 fully saturated rings. The van der Waals surface area contributed by atoms with Gasteiger partial charge in [0.15, 0.2) is 0 Å². The van der Waals surface area contributed by atoms with Crippen LogP contribution in [-0.2, 0) is 11.2 Å². The van der Waals surface area contributed by atoms with Crippen LogP contribution in [0.1, 0.15) is 30.2 Å². The SMILES string of the molecule is CCNC(=O)CCc1c(C)nn(-c2cccc(C)c2)c1Oc1ccccc1. The number of benzene rings is 2. The van der Waals surface area contributed by atoms with Gasteiger partial charge in [-0.05, 0) is 57.0 Å². The van der Waals surface area contributed by atoms with Crippen molar-refractivity contribution in [2.24, 2.45) is 0 Å². The predicted molar refractivity (Wildman–Crippen MR) is 107 cm³/mol. The Bertz CT molecular complexity index is 917. The second kappa shape index (κ2) is 8.54. The second-order valence-electron chi connectivity index (χ2n) is 6.49. The van der Waals surface area contributed by atoms with E-state index in [1.165, 1.54) is 0 Å². The molecular weight excluding hydrogens is 338 g/mol. The quantitative estimate of drug-likeness (QED) is 0.679. The molecule has 0 aliphatic heterocycles. The average molecular weight is 363 g/mol. The lowest BCUT2D eigenvalue weighted by atomic mass is 10.1. The number of rotatable bonds is 7. The van der Waals surface area contributed by atoms with E-state index in [1.807, 2.05) is 74.0 Å². The fourth-order valence-corrected chi connectivity index (χ4v) is 2.99. The maximum atomic E-state index is 11.9. The van der Waals surface area contributed by atoms with Crippen LogP contribution in [0, 0.1) is 13.8 Å². The first kappa shape index (κ1) is 18.7. The molecule has 0 spiro atoms. The summed E-state index contributed by atoms with van der Waals surface area (Å²) in [5.74, 6) is 1.44. The van der Waals surface area contributed by atoms with Gasteiger partial charge in [-0.15, -0.1) is 0 Å². The van der Waals surface area contributed by atoms with Crippen molar-refractivity contribution < 1.29 is 9.53 Å². The van der Waals surface area contributed by atoms with E-state index in [1.54, 1.807) is 0 Å². The van der Waals surface area contributed by atoms with Gasteiger partial charge in [-0.25, -0.2) is 4.68 Å². The van der Waals surface area contributed by atoms with Gasteiger partial charge in [0.25, 0.3) is 0 Å². The van der Waals surface area contributed by atoms with Crippen molar-refractivity contribution in [3.8, 4) is 17.3 Å². The molecule has 0 saturated carbocycles. The first-order chi connectivity index (χ1) is 13.1. The maximum absolute atomic E-state index is 11.9. The third kappa shape index (κ3) is 4.56. The zero-order valence-electron chi connectivity index (χ0n) is 16.0. The highest BCUT2D eigenvalue weighted by Gasteiger charge is 2.19. The molecular formula is C22H25N3O2. The van der Waals surface area contributed by atoms with Crippen molar-refractivity contribution in [1.82, 2.24) is 15.1 Å². The Labute approximate surface area is 160 Å². The Hall–Kier alpha value is -3.08. The van der Waals surface area contributed by atoms with Crippen LogP contribution in [0.2, 0.25) is 0 Å². The zero-order valence-corrected chi connectivity index (χ0v) is 16.0. The third-order valence-electron chi connectivity index (χ3n) is 4.32. The number of amides is 1. The Kier molecular flexibility index (Phi) is 5.91. The van der Waals surface area contributed by atoms with Crippen molar-refractivity contribution in [3.05, 3.63) is 71.4 Å². The standard InChI is InChI=1S/C22H25N3O2/c1-4-23-21(26)14-13-20-17(3)24-25(18-10-8-9-16(2)15-18)22(20)27-19-11-6-5-7-12-19/h5-12,15H,4,13-14H2,1-3H3,(H,23,26). The van der Waals surface area contributed by atoms with Crippen molar-refractivity contribution >= 4 is 5.91 Å². The molecule has 1 N–H and O–H groups in total. The van der Waals surface area contributed by atoms with Gasteiger partial charge >= 0.3 is 0 Å². The fraction of sp³-hybridized carbons (Fsp3) is 0.273. The number of carbonyl (C=O) groups is 1. The number of aryl methyl sites for hydroxylation is 2. The van der Waals surface area contributed by atoms with Gasteiger partial charge in [0, 0.05) is 18.5 Å². The number of ether oxygens (including phenoxy) is 1. The molecule has 0 unspecified atom stereocenters. The number of hydrogen-bond donors (Lipinski definition) is 1. The van der Waals surface area contributed by atoms with Crippen molar-refractivity contribution in [2.75, 3.05) is 6.54 Å². The van der Waals surface area contributed by atoms with E-state index < -0.39 is 0 Å². The van der Waals surface area contributed by atoms with Crippen LogP contribution in [0.15, 0.2) is 54.6 Å². The summed E-state index contributed by atoms with van der Waals surface area (Å²) in [6.45, 7) is 6.56. The molecule has 0 bridgehead atoms. The number of aromatic nitrogens is 2. The number of para-hydroxylation sites is 1. The molecule has 0 aliphatic rings. The predicted octanol–water partition coefficient (Wildman–Crippen LogP) is 4.35. The lowest BCUT2D eigenvalue weighted by molar-refractivity contribution is -0.120. The van der Waals surface area contributed by atoms with Crippen LogP contribution in [0.4, 0.5) is 0 Å². The van der Waals surface area contributed by atoms with E-state index >= 15 is 0 Å². The number of carbonyl (C=O) groups excluding carboxylic acids is 1. The number of nitrogens with zero attached hydrogens (tertiary/aromatic N) is 2. The summed E-state index contributed by atoms with van der Waals surface area (Å²) in [5, 5.41) is 7.55. The summed E-state index contributed by atoms with van der Waals surface area (Å²) in [5.41, 5.74) is 3.90. The van der Waals surface area contributed by atoms with Crippen LogP contribution >= 0.6 is 0 Å². The first-order valence-electron chi connectivity index (χ1n) is 9.23. The van der Waals surface area contributed by atoms with Gasteiger partial charge in [0.05, 0.1) is 11.4 Å². The summed E-state index contributed by atoms with van der Waals surface area (Å²) in [6, 6.07) is 17.8. The molecule has 5 nitrogen and oxygen atoms in total. The molecule has 0 aliphatic carbocycles. The summed E-state index contributed by atoms with van der Waals surface area (Å²) < 4.78 is 8.04. The van der Waals surface area contributed by atoms with Crippen LogP contribution in [0.3, 0.4) is 0 Å². The fourth-order valence-electron chi connectivity index (χ4n) is 2.99. The maximum Gasteiger partial charge on any atom is 0.226 e. The van der Waals surface area contributed by atoms with Crippen LogP contribution in [-0.4, -0.2) is 22.2 Å². The Morgan fingerprint density at radius 1 is 1.11 bits per heavy atom. The van der Waals surface area contributed by atoms with Gasteiger partial charge in [0.2, 0.25) is 11.8 Å². The van der Waals surface area contributed by atoms with E-state index in [-0.39, 0.29) is 5.91 Å². The lowest BCUT2D eigenvalue weighted by Gasteiger charge is -2.12. The summed E-state index contributed by atoms with van der Waals surface area (Å²) in [6.07, 6.45) is 0.977. The molecule has 27 heavy (non-hydrogen) atoms. The Morgan fingerprint density at radius 2 is 1.89 bits per heavy atom. The molecule has 0 atom stereocenters. The topological polar surface area (TPSA) is 56.2 Å². The number of nitrogens with one attached hydrogen (secondary N) is 1. The van der Waals surface area contributed by atoms with E-state index in [2.05, 4.69) is 11.4 Å². The van der Waals surface area contributed by atoms with E-state index in [0.29, 0.717) is 25.3 Å². The summed E-state index contributed by atoms with van der Waals surface area (Å²) in [7, 11) is 0.